The van der Waals surface area contributed by atoms with Gasteiger partial charge in [-0.05, 0) is 56.8 Å². The van der Waals surface area contributed by atoms with Crippen LogP contribution in [0.25, 0.3) is 5.65 Å². The molecule has 0 bridgehead atoms. The largest absolute Gasteiger partial charge is 0.494 e. The number of hydrogen-bond donors (Lipinski definition) is 4. The molecule has 0 radical (unpaired) electrons. The fourth-order valence-corrected chi connectivity index (χ4v) is 4.62. The molecule has 2 saturated heterocycles. The SMILES string of the molecule is COc1cc(N2CCCCC2)ccc1NC(=O)c1cnn2ccc(N[C@@H]3CCCNC3)nc12.O=C(O)C(F)(F)F. The summed E-state index contributed by atoms with van der Waals surface area (Å²) in [6.07, 6.45) is 4.22. The molecule has 40 heavy (non-hydrogen) atoms. The first kappa shape index (κ1) is 28.9. The molecule has 0 spiro atoms. The van der Waals surface area contributed by atoms with Gasteiger partial charge in [0, 0.05) is 43.6 Å². The highest BCUT2D eigenvalue weighted by atomic mass is 19.4. The number of nitrogens with zero attached hydrogens (tertiary/aromatic N) is 4. The van der Waals surface area contributed by atoms with Crippen LogP contribution >= 0.6 is 0 Å². The second-order valence-electron chi connectivity index (χ2n) is 9.52. The third kappa shape index (κ3) is 7.31. The molecule has 2 aliphatic heterocycles. The summed E-state index contributed by atoms with van der Waals surface area (Å²) in [5.74, 6) is -1.64. The van der Waals surface area contributed by atoms with Gasteiger partial charge in [0.2, 0.25) is 0 Å². The van der Waals surface area contributed by atoms with E-state index in [1.54, 1.807) is 17.8 Å². The molecule has 4 heterocycles. The molecule has 2 aliphatic rings. The van der Waals surface area contributed by atoms with E-state index in [2.05, 4.69) is 30.9 Å². The maximum Gasteiger partial charge on any atom is 0.490 e. The first-order valence-electron chi connectivity index (χ1n) is 13.0. The van der Waals surface area contributed by atoms with Gasteiger partial charge in [-0.3, -0.25) is 4.79 Å². The molecule has 4 N–H and O–H groups in total. The number of benzene rings is 1. The smallest absolute Gasteiger partial charge is 0.490 e. The summed E-state index contributed by atoms with van der Waals surface area (Å²) in [6.45, 7) is 4.07. The average Bonchev–Trinajstić information content (AvgIpc) is 3.37. The minimum atomic E-state index is -5.08. The van der Waals surface area contributed by atoms with Crippen LogP contribution in [0, 0.1) is 0 Å². The zero-order valence-corrected chi connectivity index (χ0v) is 22.0. The Kier molecular flexibility index (Phi) is 9.30. The Morgan fingerprint density at radius 1 is 1.15 bits per heavy atom. The van der Waals surface area contributed by atoms with Crippen LogP contribution in [0.3, 0.4) is 0 Å². The van der Waals surface area contributed by atoms with Crippen molar-refractivity contribution in [1.29, 1.82) is 0 Å². The minimum absolute atomic E-state index is 0.266. The van der Waals surface area contributed by atoms with E-state index in [0.29, 0.717) is 28.7 Å². The van der Waals surface area contributed by atoms with E-state index in [0.717, 1.165) is 50.5 Å². The van der Waals surface area contributed by atoms with Crippen LogP contribution in [0.15, 0.2) is 36.7 Å². The summed E-state index contributed by atoms with van der Waals surface area (Å²) in [5.41, 5.74) is 2.69. The van der Waals surface area contributed by atoms with E-state index in [-0.39, 0.29) is 5.91 Å². The molecule has 14 heteroatoms. The lowest BCUT2D eigenvalue weighted by Crippen LogP contribution is -2.38. The number of ether oxygens (including phenoxy) is 1. The van der Waals surface area contributed by atoms with Gasteiger partial charge in [0.1, 0.15) is 17.1 Å². The number of piperidine rings is 2. The van der Waals surface area contributed by atoms with Gasteiger partial charge >= 0.3 is 12.1 Å². The van der Waals surface area contributed by atoms with Crippen LogP contribution in [0.5, 0.6) is 5.75 Å². The van der Waals surface area contributed by atoms with Crippen molar-refractivity contribution in [2.75, 3.05) is 48.8 Å². The number of aliphatic carboxylic acids is 1. The zero-order chi connectivity index (χ0) is 28.7. The van der Waals surface area contributed by atoms with Gasteiger partial charge in [0.15, 0.2) is 5.65 Å². The van der Waals surface area contributed by atoms with Gasteiger partial charge in [0.05, 0.1) is 19.0 Å². The Hall–Kier alpha value is -4.07. The standard InChI is InChI=1S/C24H31N7O2.C2HF3O2/c1-33-21-14-18(30-11-3-2-4-12-30)7-8-20(21)28-24(32)19-16-26-31-13-9-22(29-23(19)31)27-17-6-5-10-25-15-17;3-2(4,5)1(6)7/h7-9,13-14,16-17,25H,2-6,10-12,15H2,1H3,(H,27,29)(H,28,32);(H,6,7)/t17-;/m1./s1. The summed E-state index contributed by atoms with van der Waals surface area (Å²) in [6, 6.07) is 8.16. The van der Waals surface area contributed by atoms with Crippen molar-refractivity contribution in [2.45, 2.75) is 44.3 Å². The van der Waals surface area contributed by atoms with E-state index in [1.165, 1.54) is 19.3 Å². The molecule has 2 fully saturated rings. The van der Waals surface area contributed by atoms with E-state index >= 15 is 0 Å². The molecule has 11 nitrogen and oxygen atoms in total. The number of alkyl halides is 3. The third-order valence-electron chi connectivity index (χ3n) is 6.66. The summed E-state index contributed by atoms with van der Waals surface area (Å²) < 4.78 is 38.9. The highest BCUT2D eigenvalue weighted by Gasteiger charge is 2.38. The quantitative estimate of drug-likeness (QED) is 0.354. The Balaban J connectivity index is 0.000000470. The fraction of sp³-hybridized carbons (Fsp3) is 0.462. The van der Waals surface area contributed by atoms with Gasteiger partial charge in [-0.15, -0.1) is 0 Å². The Morgan fingerprint density at radius 3 is 2.55 bits per heavy atom. The van der Waals surface area contributed by atoms with Crippen molar-refractivity contribution in [3.05, 3.63) is 42.2 Å². The number of fused-ring (bicyclic) bond motifs is 1. The van der Waals surface area contributed by atoms with Crippen LogP contribution in [0.1, 0.15) is 42.5 Å². The molecule has 1 amide bonds. The van der Waals surface area contributed by atoms with Crippen molar-refractivity contribution in [3.63, 3.8) is 0 Å². The normalized spacial score (nSPS) is 17.5. The second-order valence-corrected chi connectivity index (χ2v) is 9.52. The molecule has 5 rings (SSSR count). The van der Waals surface area contributed by atoms with E-state index < -0.39 is 12.1 Å². The highest BCUT2D eigenvalue weighted by Crippen LogP contribution is 2.31. The molecule has 216 valence electrons. The monoisotopic (exact) mass is 563 g/mol. The van der Waals surface area contributed by atoms with Crippen molar-refractivity contribution in [3.8, 4) is 5.75 Å². The van der Waals surface area contributed by atoms with Crippen LogP contribution < -0.4 is 25.6 Å². The van der Waals surface area contributed by atoms with Crippen molar-refractivity contribution in [1.82, 2.24) is 19.9 Å². The van der Waals surface area contributed by atoms with Crippen LogP contribution in [-0.2, 0) is 4.79 Å². The minimum Gasteiger partial charge on any atom is -0.494 e. The Bertz CT molecular complexity index is 1320. The van der Waals surface area contributed by atoms with Crippen molar-refractivity contribution >= 4 is 34.7 Å². The molecule has 2 aromatic heterocycles. The lowest BCUT2D eigenvalue weighted by Gasteiger charge is -2.29. The first-order chi connectivity index (χ1) is 19.2. The maximum absolute atomic E-state index is 13.1. The number of nitrogens with one attached hydrogen (secondary N) is 3. The summed E-state index contributed by atoms with van der Waals surface area (Å²) in [5, 5.41) is 21.3. The number of carbonyl (C=O) groups is 2. The number of amides is 1. The second kappa shape index (κ2) is 12.9. The van der Waals surface area contributed by atoms with Gasteiger partial charge < -0.3 is 30.7 Å². The average molecular weight is 564 g/mol. The third-order valence-corrected chi connectivity index (χ3v) is 6.66. The van der Waals surface area contributed by atoms with Gasteiger partial charge in [0.25, 0.3) is 5.91 Å². The summed E-state index contributed by atoms with van der Waals surface area (Å²) >= 11 is 0. The topological polar surface area (TPSA) is 133 Å². The van der Waals surface area contributed by atoms with Crippen LogP contribution in [-0.4, -0.2) is 77.1 Å². The molecule has 1 aromatic carbocycles. The number of aromatic nitrogens is 3. The number of carboxylic acid groups (broad SMARTS) is 1. The van der Waals surface area contributed by atoms with Crippen LogP contribution in [0.4, 0.5) is 30.4 Å². The van der Waals surface area contributed by atoms with Crippen LogP contribution in [0.2, 0.25) is 0 Å². The molecular weight excluding hydrogens is 531 g/mol. The Morgan fingerprint density at radius 2 is 1.90 bits per heavy atom. The number of methoxy groups -OCH3 is 1. The first-order valence-corrected chi connectivity index (χ1v) is 13.0. The number of carboxylic acids is 1. The molecule has 1 atom stereocenters. The zero-order valence-electron chi connectivity index (χ0n) is 22.0. The number of rotatable bonds is 6. The fourth-order valence-electron chi connectivity index (χ4n) is 4.62. The predicted molar refractivity (Wildman–Crippen MR) is 143 cm³/mol. The van der Waals surface area contributed by atoms with E-state index in [9.17, 15) is 18.0 Å². The summed E-state index contributed by atoms with van der Waals surface area (Å²) in [7, 11) is 1.62. The lowest BCUT2D eigenvalue weighted by atomic mass is 10.1. The number of hydrogen-bond acceptors (Lipinski definition) is 8. The van der Waals surface area contributed by atoms with Gasteiger partial charge in [-0.25, -0.2) is 14.3 Å². The molecule has 0 saturated carbocycles. The number of carbonyl (C=O) groups excluding carboxylic acids is 1. The number of anilines is 3. The predicted octanol–water partition coefficient (Wildman–Crippen LogP) is 3.78. The summed E-state index contributed by atoms with van der Waals surface area (Å²) in [4.78, 5) is 29.1. The Labute approximate surface area is 228 Å². The molecule has 0 aliphatic carbocycles. The maximum atomic E-state index is 13.1. The lowest BCUT2D eigenvalue weighted by molar-refractivity contribution is -0.192. The van der Waals surface area contributed by atoms with Crippen molar-refractivity contribution < 1.29 is 32.6 Å². The van der Waals surface area contributed by atoms with Crippen molar-refractivity contribution in [2.24, 2.45) is 0 Å². The molecule has 3 aromatic rings. The van der Waals surface area contributed by atoms with Gasteiger partial charge in [-0.1, -0.05) is 0 Å². The molecular formula is C26H32F3N7O4. The highest BCUT2D eigenvalue weighted by molar-refractivity contribution is 6.08. The number of halogens is 3. The van der Waals surface area contributed by atoms with E-state index in [1.807, 2.05) is 30.5 Å². The van der Waals surface area contributed by atoms with Gasteiger partial charge in [-0.2, -0.15) is 18.3 Å². The van der Waals surface area contributed by atoms with E-state index in [4.69, 9.17) is 14.6 Å². The molecule has 0 unspecified atom stereocenters.